The largest absolute Gasteiger partial charge is 0.466 e. The SMILES string of the molecule is CCOC(=O)Cc1c(CN)ccc(C#N)c1S. The number of rotatable bonds is 4. The summed E-state index contributed by atoms with van der Waals surface area (Å²) in [6.45, 7) is 2.37. The van der Waals surface area contributed by atoms with E-state index in [2.05, 4.69) is 12.6 Å². The van der Waals surface area contributed by atoms with Crippen LogP contribution in [0.3, 0.4) is 0 Å². The summed E-state index contributed by atoms with van der Waals surface area (Å²) < 4.78 is 4.88. The molecule has 1 aromatic rings. The fourth-order valence-corrected chi connectivity index (χ4v) is 1.86. The van der Waals surface area contributed by atoms with Crippen LogP contribution in [0.5, 0.6) is 0 Å². The Hall–Kier alpha value is -1.51. The van der Waals surface area contributed by atoms with Crippen LogP contribution in [0.2, 0.25) is 0 Å². The molecule has 5 heteroatoms. The van der Waals surface area contributed by atoms with Crippen molar-refractivity contribution in [1.29, 1.82) is 5.26 Å². The predicted molar refractivity (Wildman–Crippen MR) is 66.6 cm³/mol. The minimum atomic E-state index is -0.340. The topological polar surface area (TPSA) is 76.1 Å². The highest BCUT2D eigenvalue weighted by Crippen LogP contribution is 2.23. The van der Waals surface area contributed by atoms with Crippen molar-refractivity contribution in [1.82, 2.24) is 0 Å². The second-order valence-corrected chi connectivity index (χ2v) is 3.84. The lowest BCUT2D eigenvalue weighted by Crippen LogP contribution is -2.12. The lowest BCUT2D eigenvalue weighted by Gasteiger charge is -2.11. The lowest BCUT2D eigenvalue weighted by molar-refractivity contribution is -0.142. The smallest absolute Gasteiger partial charge is 0.310 e. The van der Waals surface area contributed by atoms with Crippen LogP contribution in [-0.4, -0.2) is 12.6 Å². The van der Waals surface area contributed by atoms with E-state index in [0.29, 0.717) is 29.2 Å². The van der Waals surface area contributed by atoms with Crippen molar-refractivity contribution in [2.75, 3.05) is 6.61 Å². The average molecular weight is 250 g/mol. The third-order valence-electron chi connectivity index (χ3n) is 2.35. The molecule has 0 spiro atoms. The van der Waals surface area contributed by atoms with Gasteiger partial charge in [0, 0.05) is 11.4 Å². The van der Waals surface area contributed by atoms with Crippen LogP contribution in [0.15, 0.2) is 17.0 Å². The van der Waals surface area contributed by atoms with Crippen LogP contribution in [0.4, 0.5) is 0 Å². The molecule has 0 bridgehead atoms. The molecule has 0 saturated heterocycles. The summed E-state index contributed by atoms with van der Waals surface area (Å²) in [6.07, 6.45) is 0.0920. The van der Waals surface area contributed by atoms with Gasteiger partial charge in [-0.05, 0) is 24.1 Å². The summed E-state index contributed by atoms with van der Waals surface area (Å²) in [5.74, 6) is -0.340. The Morgan fingerprint density at radius 3 is 2.82 bits per heavy atom. The standard InChI is InChI=1S/C12H14N2O2S/c1-2-16-11(15)5-10-8(6-13)3-4-9(7-14)12(10)17/h3-4,17H,2,5-6,13H2,1H3. The average Bonchev–Trinajstić information content (AvgIpc) is 2.32. The minimum absolute atomic E-state index is 0.0920. The van der Waals surface area contributed by atoms with E-state index in [9.17, 15) is 4.79 Å². The molecule has 90 valence electrons. The summed E-state index contributed by atoms with van der Waals surface area (Å²) in [4.78, 5) is 12.0. The highest BCUT2D eigenvalue weighted by molar-refractivity contribution is 7.80. The zero-order valence-electron chi connectivity index (χ0n) is 9.56. The first-order chi connectivity index (χ1) is 8.13. The van der Waals surface area contributed by atoms with E-state index in [4.69, 9.17) is 15.7 Å². The van der Waals surface area contributed by atoms with Crippen LogP contribution < -0.4 is 5.73 Å². The maximum absolute atomic E-state index is 11.5. The number of thiol groups is 1. The first-order valence-corrected chi connectivity index (χ1v) is 5.68. The molecule has 0 aliphatic carbocycles. The predicted octanol–water partition coefficient (Wildman–Crippen LogP) is 1.41. The maximum Gasteiger partial charge on any atom is 0.310 e. The summed E-state index contributed by atoms with van der Waals surface area (Å²) in [7, 11) is 0. The van der Waals surface area contributed by atoms with Gasteiger partial charge in [0.25, 0.3) is 0 Å². The summed E-state index contributed by atoms with van der Waals surface area (Å²) >= 11 is 4.27. The van der Waals surface area contributed by atoms with Gasteiger partial charge < -0.3 is 10.5 Å². The fraction of sp³-hybridized carbons (Fsp3) is 0.333. The van der Waals surface area contributed by atoms with Gasteiger partial charge in [-0.15, -0.1) is 12.6 Å². The molecule has 0 aromatic heterocycles. The van der Waals surface area contributed by atoms with Gasteiger partial charge in [-0.25, -0.2) is 0 Å². The Balaban J connectivity index is 3.11. The fourth-order valence-electron chi connectivity index (χ4n) is 1.51. The number of esters is 1. The van der Waals surface area contributed by atoms with Crippen LogP contribution >= 0.6 is 12.6 Å². The Labute approximate surface area is 106 Å². The number of hydrogen-bond acceptors (Lipinski definition) is 5. The first kappa shape index (κ1) is 13.6. The van der Waals surface area contributed by atoms with Crippen molar-refractivity contribution < 1.29 is 9.53 Å². The van der Waals surface area contributed by atoms with E-state index in [1.165, 1.54) is 0 Å². The molecule has 1 rings (SSSR count). The molecular weight excluding hydrogens is 236 g/mol. The Morgan fingerprint density at radius 2 is 2.29 bits per heavy atom. The zero-order valence-corrected chi connectivity index (χ0v) is 10.5. The summed E-state index contributed by atoms with van der Waals surface area (Å²) in [5, 5.41) is 8.90. The van der Waals surface area contributed by atoms with E-state index >= 15 is 0 Å². The molecule has 0 aliphatic heterocycles. The van der Waals surface area contributed by atoms with Crippen LogP contribution in [0, 0.1) is 11.3 Å². The Bertz CT molecular complexity index is 466. The van der Waals surface area contributed by atoms with E-state index < -0.39 is 0 Å². The van der Waals surface area contributed by atoms with E-state index in [-0.39, 0.29) is 12.4 Å². The Morgan fingerprint density at radius 1 is 1.59 bits per heavy atom. The molecule has 0 amide bonds. The molecule has 0 heterocycles. The van der Waals surface area contributed by atoms with Crippen LogP contribution in [0.25, 0.3) is 0 Å². The molecule has 0 aliphatic rings. The molecule has 0 fully saturated rings. The number of nitrogens with two attached hydrogens (primary N) is 1. The van der Waals surface area contributed by atoms with Crippen molar-refractivity contribution in [3.8, 4) is 6.07 Å². The van der Waals surface area contributed by atoms with E-state index in [1.807, 2.05) is 6.07 Å². The quantitative estimate of drug-likeness (QED) is 0.626. The minimum Gasteiger partial charge on any atom is -0.466 e. The number of benzene rings is 1. The van der Waals surface area contributed by atoms with Crippen molar-refractivity contribution >= 4 is 18.6 Å². The Kier molecular flexibility index (Phi) is 5.01. The molecule has 1 aromatic carbocycles. The second kappa shape index (κ2) is 6.28. The van der Waals surface area contributed by atoms with Crippen LogP contribution in [0.1, 0.15) is 23.6 Å². The molecular formula is C12H14N2O2S. The lowest BCUT2D eigenvalue weighted by atomic mass is 10.0. The van der Waals surface area contributed by atoms with Gasteiger partial charge >= 0.3 is 5.97 Å². The number of nitriles is 1. The van der Waals surface area contributed by atoms with Gasteiger partial charge in [-0.2, -0.15) is 5.26 Å². The van der Waals surface area contributed by atoms with Gasteiger partial charge in [0.05, 0.1) is 18.6 Å². The van der Waals surface area contributed by atoms with Gasteiger partial charge in [0.2, 0.25) is 0 Å². The van der Waals surface area contributed by atoms with Gasteiger partial charge in [-0.1, -0.05) is 6.07 Å². The number of carbonyl (C=O) groups excluding carboxylic acids is 1. The molecule has 0 radical (unpaired) electrons. The summed E-state index contributed by atoms with van der Waals surface area (Å²) in [5.41, 5.74) is 7.51. The van der Waals surface area contributed by atoms with Gasteiger partial charge in [0.15, 0.2) is 0 Å². The normalized spacial score (nSPS) is 9.76. The van der Waals surface area contributed by atoms with Crippen molar-refractivity contribution in [2.24, 2.45) is 5.73 Å². The number of nitrogens with zero attached hydrogens (tertiary/aromatic N) is 1. The molecule has 17 heavy (non-hydrogen) atoms. The highest BCUT2D eigenvalue weighted by Gasteiger charge is 2.14. The van der Waals surface area contributed by atoms with Crippen LogP contribution in [-0.2, 0) is 22.5 Å². The van der Waals surface area contributed by atoms with E-state index in [0.717, 1.165) is 5.56 Å². The molecule has 2 N–H and O–H groups in total. The molecule has 0 atom stereocenters. The number of hydrogen-bond donors (Lipinski definition) is 2. The van der Waals surface area contributed by atoms with Gasteiger partial charge in [-0.3, -0.25) is 4.79 Å². The maximum atomic E-state index is 11.5. The third-order valence-corrected chi connectivity index (χ3v) is 2.86. The highest BCUT2D eigenvalue weighted by atomic mass is 32.1. The first-order valence-electron chi connectivity index (χ1n) is 5.23. The zero-order chi connectivity index (χ0) is 12.8. The monoisotopic (exact) mass is 250 g/mol. The second-order valence-electron chi connectivity index (χ2n) is 3.40. The molecule has 0 saturated carbocycles. The van der Waals surface area contributed by atoms with Crippen molar-refractivity contribution in [2.45, 2.75) is 24.8 Å². The number of carbonyl (C=O) groups is 1. The number of ether oxygens (including phenoxy) is 1. The van der Waals surface area contributed by atoms with Crippen molar-refractivity contribution in [3.05, 3.63) is 28.8 Å². The van der Waals surface area contributed by atoms with E-state index in [1.54, 1.807) is 19.1 Å². The van der Waals surface area contributed by atoms with Gasteiger partial charge in [0.1, 0.15) is 6.07 Å². The van der Waals surface area contributed by atoms with Crippen molar-refractivity contribution in [3.63, 3.8) is 0 Å². The third kappa shape index (κ3) is 3.22. The summed E-state index contributed by atoms with van der Waals surface area (Å²) in [6, 6.07) is 5.42. The molecule has 0 unspecified atom stereocenters. The molecule has 4 nitrogen and oxygen atoms in total.